The van der Waals surface area contributed by atoms with Gasteiger partial charge in [-0.05, 0) is 48.2 Å². The molecule has 0 aromatic heterocycles. The predicted octanol–water partition coefficient (Wildman–Crippen LogP) is 3.20. The van der Waals surface area contributed by atoms with Gasteiger partial charge in [-0.2, -0.15) is 0 Å². The molecule has 1 atom stereocenters. The van der Waals surface area contributed by atoms with Crippen molar-refractivity contribution >= 4 is 5.91 Å². The zero-order valence-electron chi connectivity index (χ0n) is 11.3. The van der Waals surface area contributed by atoms with Crippen molar-refractivity contribution in [2.45, 2.75) is 19.3 Å². The third kappa shape index (κ3) is 2.31. The van der Waals surface area contributed by atoms with Crippen molar-refractivity contribution in [2.24, 2.45) is 0 Å². The van der Waals surface area contributed by atoms with Gasteiger partial charge in [-0.15, -0.1) is 0 Å². The van der Waals surface area contributed by atoms with Crippen LogP contribution in [0.2, 0.25) is 0 Å². The second-order valence-corrected chi connectivity index (χ2v) is 5.27. The topological polar surface area (TPSA) is 29.1 Å². The number of fused-ring (bicyclic) bond motifs is 1. The first kappa shape index (κ1) is 12.9. The Kier molecular flexibility index (Phi) is 3.26. The highest BCUT2D eigenvalue weighted by atomic mass is 19.1. The van der Waals surface area contributed by atoms with E-state index in [-0.39, 0.29) is 11.7 Å². The minimum Gasteiger partial charge on any atom is -0.351 e. The van der Waals surface area contributed by atoms with Crippen LogP contribution in [-0.2, 0) is 6.42 Å². The van der Waals surface area contributed by atoms with Crippen LogP contribution in [0.3, 0.4) is 0 Å². The van der Waals surface area contributed by atoms with Crippen LogP contribution in [-0.4, -0.2) is 12.5 Å². The number of benzene rings is 2. The van der Waals surface area contributed by atoms with E-state index in [1.807, 2.05) is 12.1 Å². The van der Waals surface area contributed by atoms with E-state index >= 15 is 0 Å². The van der Waals surface area contributed by atoms with Crippen LogP contribution in [0.1, 0.15) is 33.0 Å². The van der Waals surface area contributed by atoms with Gasteiger partial charge in [0.25, 0.3) is 5.91 Å². The lowest BCUT2D eigenvalue weighted by Crippen LogP contribution is -2.33. The Morgan fingerprint density at radius 3 is 2.85 bits per heavy atom. The lowest BCUT2D eigenvalue weighted by molar-refractivity contribution is 0.0949. The first-order valence-electron chi connectivity index (χ1n) is 6.77. The minimum absolute atomic E-state index is 0.133. The summed E-state index contributed by atoms with van der Waals surface area (Å²) in [5.74, 6) is -0.0465. The number of hydrogen-bond acceptors (Lipinski definition) is 1. The molecule has 0 fully saturated rings. The second kappa shape index (κ2) is 5.08. The number of carbonyl (C=O) groups is 1. The number of hydrogen-bond donors (Lipinski definition) is 1. The summed E-state index contributed by atoms with van der Waals surface area (Å²) in [5, 5.41) is 2.94. The van der Waals surface area contributed by atoms with Crippen molar-refractivity contribution < 1.29 is 9.18 Å². The molecule has 0 aliphatic heterocycles. The molecule has 2 aromatic rings. The Labute approximate surface area is 117 Å². The summed E-state index contributed by atoms with van der Waals surface area (Å²) in [5.41, 5.74) is 3.89. The summed E-state index contributed by atoms with van der Waals surface area (Å²) >= 11 is 0. The predicted molar refractivity (Wildman–Crippen MR) is 76.4 cm³/mol. The molecule has 0 heterocycles. The fraction of sp³-hybridized carbons (Fsp3) is 0.235. The number of halogens is 1. The quantitative estimate of drug-likeness (QED) is 0.911. The van der Waals surface area contributed by atoms with Crippen molar-refractivity contribution in [1.29, 1.82) is 0 Å². The summed E-state index contributed by atoms with van der Waals surface area (Å²) in [6.07, 6.45) is 1.01. The van der Waals surface area contributed by atoms with Crippen LogP contribution in [0.4, 0.5) is 4.39 Å². The van der Waals surface area contributed by atoms with E-state index in [0.717, 1.165) is 6.42 Å². The molecule has 0 bridgehead atoms. The van der Waals surface area contributed by atoms with E-state index in [1.165, 1.54) is 29.3 Å². The first-order valence-corrected chi connectivity index (χ1v) is 6.77. The highest BCUT2D eigenvalue weighted by Crippen LogP contribution is 2.34. The number of amides is 1. The molecule has 3 rings (SSSR count). The van der Waals surface area contributed by atoms with Gasteiger partial charge in [0.1, 0.15) is 5.82 Å². The molecular weight excluding hydrogens is 253 g/mol. The molecule has 1 aliphatic rings. The summed E-state index contributed by atoms with van der Waals surface area (Å²) in [6.45, 7) is 2.38. The van der Waals surface area contributed by atoms with Crippen molar-refractivity contribution in [3.8, 4) is 0 Å². The van der Waals surface area contributed by atoms with Gasteiger partial charge >= 0.3 is 0 Å². The monoisotopic (exact) mass is 269 g/mol. The second-order valence-electron chi connectivity index (χ2n) is 5.27. The van der Waals surface area contributed by atoms with Crippen LogP contribution >= 0.6 is 0 Å². The maximum absolute atomic E-state index is 13.0. The highest BCUT2D eigenvalue weighted by molar-refractivity contribution is 5.95. The number of aryl methyl sites for hydroxylation is 1. The van der Waals surface area contributed by atoms with Crippen molar-refractivity contribution in [3.05, 3.63) is 70.5 Å². The van der Waals surface area contributed by atoms with Gasteiger partial charge in [-0.25, -0.2) is 4.39 Å². The Balaban J connectivity index is 1.64. The summed E-state index contributed by atoms with van der Waals surface area (Å²) in [6, 6.07) is 12.5. The molecule has 102 valence electrons. The molecule has 2 nitrogen and oxygen atoms in total. The fourth-order valence-corrected chi connectivity index (χ4v) is 2.74. The molecular formula is C17H16FNO. The molecule has 0 saturated heterocycles. The number of rotatable bonds is 3. The molecule has 1 amide bonds. The molecule has 2 aromatic carbocycles. The molecule has 0 saturated carbocycles. The summed E-state index contributed by atoms with van der Waals surface area (Å²) in [7, 11) is 0. The fourth-order valence-electron chi connectivity index (χ4n) is 2.74. The normalized spacial score (nSPS) is 16.2. The van der Waals surface area contributed by atoms with Gasteiger partial charge in [0, 0.05) is 18.0 Å². The molecule has 1 aliphatic carbocycles. The Morgan fingerprint density at radius 1 is 1.30 bits per heavy atom. The van der Waals surface area contributed by atoms with Gasteiger partial charge in [0.2, 0.25) is 0 Å². The molecule has 1 N–H and O–H groups in total. The van der Waals surface area contributed by atoms with Crippen LogP contribution in [0.25, 0.3) is 0 Å². The third-order valence-corrected chi connectivity index (χ3v) is 3.90. The van der Waals surface area contributed by atoms with Crippen LogP contribution < -0.4 is 5.32 Å². The standard InChI is InChI=1S/C17H16FNO/c1-11-8-14(18)6-7-15(11)17(20)19-10-13-9-12-4-2-3-5-16(12)13/h2-8,13H,9-10H2,1H3,(H,19,20). The van der Waals surface area contributed by atoms with Crippen molar-refractivity contribution in [3.63, 3.8) is 0 Å². The molecule has 0 spiro atoms. The zero-order chi connectivity index (χ0) is 14.1. The smallest absolute Gasteiger partial charge is 0.251 e. The van der Waals surface area contributed by atoms with Crippen LogP contribution in [0.5, 0.6) is 0 Å². The van der Waals surface area contributed by atoms with Crippen molar-refractivity contribution in [2.75, 3.05) is 6.54 Å². The van der Waals surface area contributed by atoms with Gasteiger partial charge in [-0.3, -0.25) is 4.79 Å². The van der Waals surface area contributed by atoms with E-state index in [4.69, 9.17) is 0 Å². The van der Waals surface area contributed by atoms with Crippen LogP contribution in [0.15, 0.2) is 42.5 Å². The van der Waals surface area contributed by atoms with E-state index in [1.54, 1.807) is 6.92 Å². The average molecular weight is 269 g/mol. The van der Waals surface area contributed by atoms with Crippen LogP contribution in [0, 0.1) is 12.7 Å². The van der Waals surface area contributed by atoms with E-state index < -0.39 is 0 Å². The highest BCUT2D eigenvalue weighted by Gasteiger charge is 2.25. The Bertz CT molecular complexity index is 666. The minimum atomic E-state index is -0.313. The maximum atomic E-state index is 13.0. The lowest BCUT2D eigenvalue weighted by atomic mass is 9.77. The van der Waals surface area contributed by atoms with Gasteiger partial charge in [-0.1, -0.05) is 24.3 Å². The molecule has 3 heteroatoms. The maximum Gasteiger partial charge on any atom is 0.251 e. The largest absolute Gasteiger partial charge is 0.351 e. The number of nitrogens with one attached hydrogen (secondary N) is 1. The Hall–Kier alpha value is -2.16. The first-order chi connectivity index (χ1) is 9.65. The Morgan fingerprint density at radius 2 is 2.10 bits per heavy atom. The molecule has 1 unspecified atom stereocenters. The lowest BCUT2D eigenvalue weighted by Gasteiger charge is -2.30. The summed E-state index contributed by atoms with van der Waals surface area (Å²) in [4.78, 5) is 12.1. The molecule has 20 heavy (non-hydrogen) atoms. The summed E-state index contributed by atoms with van der Waals surface area (Å²) < 4.78 is 13.0. The SMILES string of the molecule is Cc1cc(F)ccc1C(=O)NCC1Cc2ccccc21. The number of carbonyl (C=O) groups excluding carboxylic acids is 1. The van der Waals surface area contributed by atoms with Gasteiger partial charge in [0.05, 0.1) is 0 Å². The van der Waals surface area contributed by atoms with E-state index in [0.29, 0.717) is 23.6 Å². The van der Waals surface area contributed by atoms with Crippen molar-refractivity contribution in [1.82, 2.24) is 5.32 Å². The van der Waals surface area contributed by atoms with Gasteiger partial charge in [0.15, 0.2) is 0 Å². The molecule has 0 radical (unpaired) electrons. The average Bonchev–Trinajstić information content (AvgIpc) is 2.39. The zero-order valence-corrected chi connectivity index (χ0v) is 11.3. The van der Waals surface area contributed by atoms with E-state index in [9.17, 15) is 9.18 Å². The van der Waals surface area contributed by atoms with Gasteiger partial charge < -0.3 is 5.32 Å². The van der Waals surface area contributed by atoms with E-state index in [2.05, 4.69) is 17.4 Å². The third-order valence-electron chi connectivity index (χ3n) is 3.90.